The summed E-state index contributed by atoms with van der Waals surface area (Å²) < 4.78 is 26.7. The lowest BCUT2D eigenvalue weighted by atomic mass is 10.00. The highest BCUT2D eigenvalue weighted by molar-refractivity contribution is 7.89. The van der Waals surface area contributed by atoms with Crippen LogP contribution in [0.4, 0.5) is 0 Å². The van der Waals surface area contributed by atoms with Gasteiger partial charge in [0.15, 0.2) is 0 Å². The Kier molecular flexibility index (Phi) is 4.83. The highest BCUT2D eigenvalue weighted by Gasteiger charge is 2.25. The van der Waals surface area contributed by atoms with E-state index in [4.69, 9.17) is 0 Å². The second-order valence-corrected chi connectivity index (χ2v) is 7.87. The fourth-order valence-corrected chi connectivity index (χ4v) is 4.24. The fourth-order valence-electron chi connectivity index (χ4n) is 2.80. The third-order valence-corrected chi connectivity index (χ3v) is 5.62. The van der Waals surface area contributed by atoms with Gasteiger partial charge >= 0.3 is 0 Å². The lowest BCUT2D eigenvalue weighted by molar-refractivity contribution is 0.315. The average molecular weight is 296 g/mol. The topological polar surface area (TPSA) is 49.4 Å². The number of nitrogens with one attached hydrogen (secondary N) is 1. The molecule has 1 saturated heterocycles. The van der Waals surface area contributed by atoms with Gasteiger partial charge in [-0.3, -0.25) is 0 Å². The van der Waals surface area contributed by atoms with Gasteiger partial charge in [0.2, 0.25) is 10.0 Å². The van der Waals surface area contributed by atoms with E-state index in [0.29, 0.717) is 17.4 Å². The maximum Gasteiger partial charge on any atom is 0.242 e. The van der Waals surface area contributed by atoms with Crippen molar-refractivity contribution in [3.63, 3.8) is 0 Å². The van der Waals surface area contributed by atoms with Crippen LogP contribution in [0.15, 0.2) is 23.1 Å². The van der Waals surface area contributed by atoms with E-state index in [1.807, 2.05) is 19.9 Å². The van der Waals surface area contributed by atoms with Crippen LogP contribution in [0.25, 0.3) is 0 Å². The lowest BCUT2D eigenvalue weighted by Crippen LogP contribution is -2.39. The molecule has 1 aromatic carbocycles. The van der Waals surface area contributed by atoms with E-state index < -0.39 is 10.0 Å². The van der Waals surface area contributed by atoms with Crippen LogP contribution in [-0.2, 0) is 10.0 Å². The predicted molar refractivity (Wildman–Crippen MR) is 81.3 cm³/mol. The zero-order valence-electron chi connectivity index (χ0n) is 12.5. The Morgan fingerprint density at radius 2 is 1.90 bits per heavy atom. The second kappa shape index (κ2) is 6.24. The molecular formula is C15H24N2O2S. The molecule has 1 aliphatic rings. The molecule has 1 fully saturated rings. The Balaban J connectivity index is 2.15. The molecule has 0 radical (unpaired) electrons. The van der Waals surface area contributed by atoms with Crippen LogP contribution in [0.3, 0.4) is 0 Å². The summed E-state index contributed by atoms with van der Waals surface area (Å²) in [5.74, 6) is 0.412. The summed E-state index contributed by atoms with van der Waals surface area (Å²) in [4.78, 5) is 0.404. The van der Waals surface area contributed by atoms with E-state index in [9.17, 15) is 8.42 Å². The predicted octanol–water partition coefficient (Wildman–Crippen LogP) is 1.92. The van der Waals surface area contributed by atoms with E-state index in [-0.39, 0.29) is 0 Å². The molecule has 1 aromatic rings. The van der Waals surface area contributed by atoms with E-state index in [1.165, 1.54) is 4.31 Å². The van der Waals surface area contributed by atoms with E-state index in [0.717, 1.165) is 37.1 Å². The average Bonchev–Trinajstić information content (AvgIpc) is 2.38. The number of aryl methyl sites for hydroxylation is 2. The monoisotopic (exact) mass is 296 g/mol. The number of hydrogen-bond acceptors (Lipinski definition) is 3. The molecule has 1 unspecified atom stereocenters. The Morgan fingerprint density at radius 1 is 1.25 bits per heavy atom. The number of hydrogen-bond donors (Lipinski definition) is 1. The number of piperidine rings is 1. The van der Waals surface area contributed by atoms with Gasteiger partial charge in [0.25, 0.3) is 0 Å². The van der Waals surface area contributed by atoms with Crippen LogP contribution in [0.2, 0.25) is 0 Å². The number of sulfonamides is 1. The Labute approximate surface area is 122 Å². The van der Waals surface area contributed by atoms with Gasteiger partial charge in [-0.1, -0.05) is 6.07 Å². The van der Waals surface area contributed by atoms with Gasteiger partial charge in [0.05, 0.1) is 4.90 Å². The molecule has 0 saturated carbocycles. The van der Waals surface area contributed by atoms with Crippen LogP contribution in [0.1, 0.15) is 24.0 Å². The summed E-state index contributed by atoms with van der Waals surface area (Å²) in [6.45, 7) is 6.40. The first-order valence-electron chi connectivity index (χ1n) is 7.15. The summed E-state index contributed by atoms with van der Waals surface area (Å²) in [6, 6.07) is 5.49. The number of benzene rings is 1. The normalized spacial score (nSPS) is 20.3. The van der Waals surface area contributed by atoms with Crippen LogP contribution >= 0.6 is 0 Å². The molecule has 20 heavy (non-hydrogen) atoms. The van der Waals surface area contributed by atoms with Crippen LogP contribution in [-0.4, -0.2) is 39.4 Å². The second-order valence-electron chi connectivity index (χ2n) is 5.82. The van der Waals surface area contributed by atoms with Crippen molar-refractivity contribution < 1.29 is 8.42 Å². The molecule has 0 amide bonds. The molecule has 4 nitrogen and oxygen atoms in total. The van der Waals surface area contributed by atoms with Crippen molar-refractivity contribution in [1.82, 2.24) is 9.62 Å². The Morgan fingerprint density at radius 3 is 2.45 bits per heavy atom. The van der Waals surface area contributed by atoms with Crippen molar-refractivity contribution in [1.29, 1.82) is 0 Å². The molecule has 1 atom stereocenters. The Bertz CT molecular complexity index is 543. The Hall–Kier alpha value is -0.910. The SMILES string of the molecule is Cc1cc(C)cc(S(=O)(=O)N(C)CC2CCCNC2)c1. The maximum atomic E-state index is 12.6. The third-order valence-electron chi connectivity index (χ3n) is 3.82. The molecular weight excluding hydrogens is 272 g/mol. The molecule has 1 N–H and O–H groups in total. The number of rotatable bonds is 4. The van der Waals surface area contributed by atoms with Gasteiger partial charge in [-0.25, -0.2) is 12.7 Å². The minimum atomic E-state index is -3.38. The molecule has 0 bridgehead atoms. The van der Waals surface area contributed by atoms with Crippen molar-refractivity contribution in [2.75, 3.05) is 26.7 Å². The van der Waals surface area contributed by atoms with Gasteiger partial charge in [-0.15, -0.1) is 0 Å². The van der Waals surface area contributed by atoms with Crippen molar-refractivity contribution in [3.05, 3.63) is 29.3 Å². The lowest BCUT2D eigenvalue weighted by Gasteiger charge is -2.27. The molecule has 0 aromatic heterocycles. The molecule has 2 rings (SSSR count). The molecule has 1 aliphatic heterocycles. The minimum Gasteiger partial charge on any atom is -0.316 e. The van der Waals surface area contributed by atoms with E-state index in [2.05, 4.69) is 5.32 Å². The summed E-state index contributed by atoms with van der Waals surface area (Å²) in [5, 5.41) is 3.33. The molecule has 0 aliphatic carbocycles. The zero-order valence-corrected chi connectivity index (χ0v) is 13.3. The first kappa shape index (κ1) is 15.5. The fraction of sp³-hybridized carbons (Fsp3) is 0.600. The summed E-state index contributed by atoms with van der Waals surface area (Å²) in [7, 11) is -1.70. The van der Waals surface area contributed by atoms with Gasteiger partial charge in [0, 0.05) is 13.6 Å². The van der Waals surface area contributed by atoms with E-state index >= 15 is 0 Å². The standard InChI is InChI=1S/C15H24N2O2S/c1-12-7-13(2)9-15(8-12)20(18,19)17(3)11-14-5-4-6-16-10-14/h7-9,14,16H,4-6,10-11H2,1-3H3. The highest BCUT2D eigenvalue weighted by atomic mass is 32.2. The summed E-state index contributed by atoms with van der Waals surface area (Å²) in [6.07, 6.45) is 2.22. The van der Waals surface area contributed by atoms with Crippen molar-refractivity contribution in [2.24, 2.45) is 5.92 Å². The highest BCUT2D eigenvalue weighted by Crippen LogP contribution is 2.20. The van der Waals surface area contributed by atoms with Crippen LogP contribution < -0.4 is 5.32 Å². The smallest absolute Gasteiger partial charge is 0.242 e. The molecule has 1 heterocycles. The van der Waals surface area contributed by atoms with Crippen molar-refractivity contribution in [3.8, 4) is 0 Å². The largest absolute Gasteiger partial charge is 0.316 e. The third kappa shape index (κ3) is 3.59. The summed E-state index contributed by atoms with van der Waals surface area (Å²) in [5.41, 5.74) is 1.97. The maximum absolute atomic E-state index is 12.6. The summed E-state index contributed by atoms with van der Waals surface area (Å²) >= 11 is 0. The molecule has 5 heteroatoms. The molecule has 0 spiro atoms. The number of nitrogens with zero attached hydrogens (tertiary/aromatic N) is 1. The van der Waals surface area contributed by atoms with E-state index in [1.54, 1.807) is 19.2 Å². The van der Waals surface area contributed by atoms with Crippen molar-refractivity contribution in [2.45, 2.75) is 31.6 Å². The zero-order chi connectivity index (χ0) is 14.8. The van der Waals surface area contributed by atoms with Gasteiger partial charge in [-0.05, 0) is 69.0 Å². The van der Waals surface area contributed by atoms with Crippen LogP contribution in [0, 0.1) is 19.8 Å². The van der Waals surface area contributed by atoms with Gasteiger partial charge < -0.3 is 5.32 Å². The minimum absolute atomic E-state index is 0.404. The van der Waals surface area contributed by atoms with Crippen LogP contribution in [0.5, 0.6) is 0 Å². The quantitative estimate of drug-likeness (QED) is 0.923. The molecule has 112 valence electrons. The van der Waals surface area contributed by atoms with Gasteiger partial charge in [-0.2, -0.15) is 0 Å². The first-order chi connectivity index (χ1) is 9.39. The first-order valence-corrected chi connectivity index (χ1v) is 8.59. The van der Waals surface area contributed by atoms with Gasteiger partial charge in [0.1, 0.15) is 0 Å². The van der Waals surface area contributed by atoms with Crippen molar-refractivity contribution >= 4 is 10.0 Å².